The minimum Gasteiger partial charge on any atom is -0.444 e. The lowest BCUT2D eigenvalue weighted by Crippen LogP contribution is -2.32. The van der Waals surface area contributed by atoms with Crippen LogP contribution in [0.25, 0.3) is 11.1 Å². The predicted octanol–water partition coefficient (Wildman–Crippen LogP) is 5.07. The van der Waals surface area contributed by atoms with E-state index in [4.69, 9.17) is 9.84 Å². The number of likely N-dealkylation sites (N-methyl/N-ethyl adjacent to an activating group) is 1. The zero-order valence-electron chi connectivity index (χ0n) is 20.1. The summed E-state index contributed by atoms with van der Waals surface area (Å²) in [6.07, 6.45) is -0.405. The lowest BCUT2D eigenvalue weighted by Gasteiger charge is -2.22. The van der Waals surface area contributed by atoms with E-state index in [9.17, 15) is 4.79 Å². The van der Waals surface area contributed by atoms with Gasteiger partial charge in [0.2, 0.25) is 0 Å². The second-order valence-corrected chi connectivity index (χ2v) is 9.68. The predicted molar refractivity (Wildman–Crippen MR) is 132 cm³/mol. The third-order valence-electron chi connectivity index (χ3n) is 5.62. The van der Waals surface area contributed by atoms with E-state index < -0.39 is 11.7 Å². The molecular formula is C26H33N5O2. The van der Waals surface area contributed by atoms with Crippen molar-refractivity contribution < 1.29 is 9.53 Å². The second kappa shape index (κ2) is 9.27. The summed E-state index contributed by atoms with van der Waals surface area (Å²) in [6.45, 7) is 10.9. The highest BCUT2D eigenvalue weighted by Crippen LogP contribution is 2.27. The van der Waals surface area contributed by atoms with Gasteiger partial charge >= 0.3 is 6.09 Å². The first kappa shape index (κ1) is 22.9. The van der Waals surface area contributed by atoms with Gasteiger partial charge in [0, 0.05) is 31.4 Å². The maximum atomic E-state index is 12.0. The number of aryl methyl sites for hydroxylation is 1. The number of nitrogens with one attached hydrogen (secondary N) is 2. The number of anilines is 2. The Morgan fingerprint density at radius 1 is 1.09 bits per heavy atom. The van der Waals surface area contributed by atoms with Crippen LogP contribution in [0.1, 0.15) is 37.6 Å². The molecule has 0 aliphatic carbocycles. The first-order chi connectivity index (χ1) is 15.7. The normalized spacial score (nSPS) is 14.0. The Kier molecular flexibility index (Phi) is 6.42. The maximum absolute atomic E-state index is 12.0. The van der Waals surface area contributed by atoms with Crippen LogP contribution < -0.4 is 10.6 Å². The molecule has 3 aromatic rings. The van der Waals surface area contributed by atoms with Crippen molar-refractivity contribution in [2.75, 3.05) is 18.9 Å². The summed E-state index contributed by atoms with van der Waals surface area (Å²) >= 11 is 0. The highest BCUT2D eigenvalue weighted by Gasteiger charge is 2.17. The van der Waals surface area contributed by atoms with Crippen LogP contribution in [0, 0.1) is 6.92 Å². The summed E-state index contributed by atoms with van der Waals surface area (Å²) in [5, 5.41) is 11.0. The topological polar surface area (TPSA) is 71.4 Å². The van der Waals surface area contributed by atoms with E-state index in [0.717, 1.165) is 53.4 Å². The van der Waals surface area contributed by atoms with Gasteiger partial charge in [-0.1, -0.05) is 30.3 Å². The first-order valence-electron chi connectivity index (χ1n) is 11.4. The number of hydrogen-bond acceptors (Lipinski definition) is 5. The summed E-state index contributed by atoms with van der Waals surface area (Å²) in [4.78, 5) is 14.3. The number of ether oxygens (including phenoxy) is 1. The molecule has 7 nitrogen and oxygen atoms in total. The molecule has 0 unspecified atom stereocenters. The largest absolute Gasteiger partial charge is 0.444 e. The molecule has 7 heteroatoms. The van der Waals surface area contributed by atoms with Crippen molar-refractivity contribution in [1.29, 1.82) is 0 Å². The van der Waals surface area contributed by atoms with Crippen LogP contribution in [0.3, 0.4) is 0 Å². The highest BCUT2D eigenvalue weighted by molar-refractivity contribution is 5.71. The molecule has 1 aromatic heterocycles. The number of rotatable bonds is 5. The summed E-state index contributed by atoms with van der Waals surface area (Å²) in [5.74, 6) is 0.872. The fourth-order valence-corrected chi connectivity index (χ4v) is 3.94. The molecule has 0 fully saturated rings. The van der Waals surface area contributed by atoms with Gasteiger partial charge in [-0.3, -0.25) is 9.58 Å². The molecule has 2 aromatic carbocycles. The van der Waals surface area contributed by atoms with Gasteiger partial charge in [0.25, 0.3) is 0 Å². The second-order valence-electron chi connectivity index (χ2n) is 9.68. The number of nitrogens with zero attached hydrogens (tertiary/aromatic N) is 3. The molecule has 0 radical (unpaired) electrons. The molecule has 0 saturated carbocycles. The quantitative estimate of drug-likeness (QED) is 0.571. The van der Waals surface area contributed by atoms with Crippen LogP contribution >= 0.6 is 0 Å². The Balaban J connectivity index is 1.44. The van der Waals surface area contributed by atoms with Crippen molar-refractivity contribution in [3.8, 4) is 11.1 Å². The number of carbonyl (C=O) groups excluding carboxylic acids is 1. The van der Waals surface area contributed by atoms with Gasteiger partial charge in [0.15, 0.2) is 5.82 Å². The lowest BCUT2D eigenvalue weighted by molar-refractivity contribution is 0.0523. The first-order valence-corrected chi connectivity index (χ1v) is 11.4. The van der Waals surface area contributed by atoms with Crippen LogP contribution in [0.2, 0.25) is 0 Å². The van der Waals surface area contributed by atoms with E-state index in [1.54, 1.807) is 0 Å². The van der Waals surface area contributed by atoms with Gasteiger partial charge in [0.1, 0.15) is 5.60 Å². The van der Waals surface area contributed by atoms with Crippen LogP contribution in [0.15, 0.2) is 48.5 Å². The molecule has 1 aliphatic heterocycles. The number of benzene rings is 2. The smallest absolute Gasteiger partial charge is 0.407 e. The van der Waals surface area contributed by atoms with Crippen molar-refractivity contribution in [2.24, 2.45) is 0 Å². The standard InChI is InChI=1S/C26H33N5O2/c1-18-13-20(9-10-21(18)16-27-25(32)33-26(2,3)4)19-7-6-8-22(14-19)28-24-15-23-17-30(5)11-12-31(23)29-24/h6-10,13-15H,11-12,16-17H2,1-5H3,(H,27,32)(H,28,29). The van der Waals surface area contributed by atoms with Crippen LogP contribution in [-0.4, -0.2) is 40.0 Å². The Morgan fingerprint density at radius 2 is 1.88 bits per heavy atom. The number of hydrogen-bond donors (Lipinski definition) is 2. The fraction of sp³-hybridized carbons (Fsp3) is 0.385. The van der Waals surface area contributed by atoms with E-state index in [0.29, 0.717) is 6.54 Å². The van der Waals surface area contributed by atoms with Gasteiger partial charge in [-0.05, 0) is 69.1 Å². The molecule has 1 amide bonds. The van der Waals surface area contributed by atoms with E-state index in [2.05, 4.69) is 82.7 Å². The zero-order chi connectivity index (χ0) is 23.6. The number of amides is 1. The Labute approximate surface area is 195 Å². The summed E-state index contributed by atoms with van der Waals surface area (Å²) in [7, 11) is 2.13. The molecule has 0 saturated heterocycles. The monoisotopic (exact) mass is 447 g/mol. The van der Waals surface area contributed by atoms with Gasteiger partial charge in [0.05, 0.1) is 12.2 Å². The number of fused-ring (bicyclic) bond motifs is 1. The highest BCUT2D eigenvalue weighted by atomic mass is 16.6. The molecule has 0 bridgehead atoms. The Hall–Kier alpha value is -3.32. The zero-order valence-corrected chi connectivity index (χ0v) is 20.1. The number of alkyl carbamates (subject to hydrolysis) is 1. The van der Waals surface area contributed by atoms with Crippen molar-refractivity contribution in [1.82, 2.24) is 20.0 Å². The lowest BCUT2D eigenvalue weighted by atomic mass is 9.99. The number of aromatic nitrogens is 2. The van der Waals surface area contributed by atoms with E-state index in [1.165, 1.54) is 5.69 Å². The maximum Gasteiger partial charge on any atom is 0.407 e. The molecular weight excluding hydrogens is 414 g/mol. The third-order valence-corrected chi connectivity index (χ3v) is 5.62. The minimum atomic E-state index is -0.506. The SMILES string of the molecule is Cc1cc(-c2cccc(Nc3cc4n(n3)CCN(C)C4)c2)ccc1CNC(=O)OC(C)(C)C. The van der Waals surface area contributed by atoms with Crippen LogP contribution in [0.4, 0.5) is 16.3 Å². The average Bonchev–Trinajstić information content (AvgIpc) is 3.13. The van der Waals surface area contributed by atoms with Crippen molar-refractivity contribution >= 4 is 17.6 Å². The summed E-state index contributed by atoms with van der Waals surface area (Å²) < 4.78 is 7.40. The van der Waals surface area contributed by atoms with Gasteiger partial charge in [-0.25, -0.2) is 4.79 Å². The molecule has 174 valence electrons. The summed E-state index contributed by atoms with van der Waals surface area (Å²) in [5.41, 5.74) is 6.16. The van der Waals surface area contributed by atoms with E-state index in [-0.39, 0.29) is 0 Å². The Bertz CT molecular complexity index is 1150. The van der Waals surface area contributed by atoms with Crippen LogP contribution in [-0.2, 0) is 24.4 Å². The van der Waals surface area contributed by atoms with Crippen LogP contribution in [0.5, 0.6) is 0 Å². The molecule has 0 spiro atoms. The molecule has 4 rings (SSSR count). The average molecular weight is 448 g/mol. The fourth-order valence-electron chi connectivity index (χ4n) is 3.94. The Morgan fingerprint density at radius 3 is 2.64 bits per heavy atom. The van der Waals surface area contributed by atoms with Gasteiger partial charge in [-0.15, -0.1) is 0 Å². The molecule has 0 atom stereocenters. The molecule has 2 heterocycles. The minimum absolute atomic E-state index is 0.405. The van der Waals surface area contributed by atoms with Crippen molar-refractivity contribution in [3.63, 3.8) is 0 Å². The number of carbonyl (C=O) groups is 1. The van der Waals surface area contributed by atoms with E-state index >= 15 is 0 Å². The van der Waals surface area contributed by atoms with E-state index in [1.807, 2.05) is 20.8 Å². The van der Waals surface area contributed by atoms with Gasteiger partial charge < -0.3 is 15.4 Å². The van der Waals surface area contributed by atoms with Crippen molar-refractivity contribution in [3.05, 3.63) is 65.4 Å². The molecule has 2 N–H and O–H groups in total. The van der Waals surface area contributed by atoms with Crippen molar-refractivity contribution in [2.45, 2.75) is 52.9 Å². The third kappa shape index (κ3) is 5.93. The summed E-state index contributed by atoms with van der Waals surface area (Å²) in [6, 6.07) is 16.8. The molecule has 33 heavy (non-hydrogen) atoms. The molecule has 1 aliphatic rings. The van der Waals surface area contributed by atoms with Gasteiger partial charge in [-0.2, -0.15) is 5.10 Å².